The van der Waals surface area contributed by atoms with Crippen molar-refractivity contribution in [1.29, 1.82) is 0 Å². The first kappa shape index (κ1) is 22.9. The van der Waals surface area contributed by atoms with Gasteiger partial charge in [-0.05, 0) is 40.7 Å². The van der Waals surface area contributed by atoms with E-state index in [1.54, 1.807) is 24.3 Å². The molecular formula is C23H31NO4S. The molecule has 2 rings (SSSR count). The van der Waals surface area contributed by atoms with Crippen molar-refractivity contribution in [1.82, 2.24) is 0 Å². The SMILES string of the molecule is CC(C)c1cccc(C(C)C)c1NCCOC(=O)c1cccc(CS(C)(=O)=O)c1. The van der Waals surface area contributed by atoms with E-state index in [0.29, 0.717) is 29.5 Å². The molecule has 0 atom stereocenters. The summed E-state index contributed by atoms with van der Waals surface area (Å²) in [6, 6.07) is 12.9. The molecule has 5 nitrogen and oxygen atoms in total. The van der Waals surface area contributed by atoms with E-state index in [9.17, 15) is 13.2 Å². The van der Waals surface area contributed by atoms with E-state index in [4.69, 9.17) is 4.74 Å². The second-order valence-corrected chi connectivity index (χ2v) is 10.1. The van der Waals surface area contributed by atoms with E-state index in [1.807, 2.05) is 0 Å². The fourth-order valence-corrected chi connectivity index (χ4v) is 4.03. The first-order valence-corrected chi connectivity index (χ1v) is 11.9. The minimum atomic E-state index is -3.16. The number of carbonyl (C=O) groups is 1. The van der Waals surface area contributed by atoms with E-state index in [0.717, 1.165) is 5.69 Å². The number of benzene rings is 2. The maximum atomic E-state index is 12.3. The zero-order valence-electron chi connectivity index (χ0n) is 17.9. The number of hydrogen-bond acceptors (Lipinski definition) is 5. The number of esters is 1. The molecular weight excluding hydrogens is 386 g/mol. The molecule has 0 amide bonds. The van der Waals surface area contributed by atoms with Gasteiger partial charge in [0.25, 0.3) is 0 Å². The standard InChI is InChI=1S/C23H31NO4S/c1-16(2)20-10-7-11-21(17(3)4)22(20)24-12-13-28-23(25)19-9-6-8-18(14-19)15-29(5,26)27/h6-11,14,16-17,24H,12-13,15H2,1-5H3. The molecule has 2 aromatic carbocycles. The molecule has 0 fully saturated rings. The summed E-state index contributed by atoms with van der Waals surface area (Å²) in [5.41, 5.74) is 4.54. The van der Waals surface area contributed by atoms with Gasteiger partial charge in [-0.2, -0.15) is 0 Å². The van der Waals surface area contributed by atoms with E-state index in [2.05, 4.69) is 51.2 Å². The number of nitrogens with one attached hydrogen (secondary N) is 1. The largest absolute Gasteiger partial charge is 0.460 e. The van der Waals surface area contributed by atoms with Crippen molar-refractivity contribution in [2.24, 2.45) is 0 Å². The van der Waals surface area contributed by atoms with Crippen molar-refractivity contribution >= 4 is 21.5 Å². The Labute approximate surface area is 174 Å². The van der Waals surface area contributed by atoms with Crippen LogP contribution in [0.1, 0.15) is 66.6 Å². The van der Waals surface area contributed by atoms with Gasteiger partial charge in [0.15, 0.2) is 9.84 Å². The van der Waals surface area contributed by atoms with Gasteiger partial charge in [-0.1, -0.05) is 58.0 Å². The quantitative estimate of drug-likeness (QED) is 0.471. The average molecular weight is 418 g/mol. The number of para-hydroxylation sites is 1. The smallest absolute Gasteiger partial charge is 0.338 e. The Hall–Kier alpha value is -2.34. The third-order valence-electron chi connectivity index (χ3n) is 4.60. The van der Waals surface area contributed by atoms with Crippen LogP contribution in [0, 0.1) is 0 Å². The Morgan fingerprint density at radius 2 is 1.59 bits per heavy atom. The van der Waals surface area contributed by atoms with Crippen molar-refractivity contribution in [2.45, 2.75) is 45.3 Å². The van der Waals surface area contributed by atoms with Crippen molar-refractivity contribution in [2.75, 3.05) is 24.7 Å². The van der Waals surface area contributed by atoms with E-state index < -0.39 is 15.8 Å². The topological polar surface area (TPSA) is 72.5 Å². The van der Waals surface area contributed by atoms with Crippen LogP contribution < -0.4 is 5.32 Å². The van der Waals surface area contributed by atoms with Gasteiger partial charge < -0.3 is 10.1 Å². The van der Waals surface area contributed by atoms with Crippen LogP contribution in [0.5, 0.6) is 0 Å². The molecule has 0 unspecified atom stereocenters. The molecule has 29 heavy (non-hydrogen) atoms. The molecule has 0 heterocycles. The Kier molecular flexibility index (Phi) is 7.85. The maximum Gasteiger partial charge on any atom is 0.338 e. The normalized spacial score (nSPS) is 11.7. The molecule has 0 radical (unpaired) electrons. The first-order valence-electron chi connectivity index (χ1n) is 9.89. The number of rotatable bonds is 9. The maximum absolute atomic E-state index is 12.3. The van der Waals surface area contributed by atoms with Crippen molar-refractivity contribution in [3.8, 4) is 0 Å². The summed E-state index contributed by atoms with van der Waals surface area (Å²) in [4.78, 5) is 12.3. The Morgan fingerprint density at radius 1 is 1.00 bits per heavy atom. The second-order valence-electron chi connectivity index (χ2n) is 7.95. The Bertz CT molecular complexity index is 923. The number of hydrogen-bond donors (Lipinski definition) is 1. The summed E-state index contributed by atoms with van der Waals surface area (Å²) >= 11 is 0. The second kappa shape index (κ2) is 9.92. The van der Waals surface area contributed by atoms with E-state index in [1.165, 1.54) is 17.4 Å². The predicted molar refractivity (Wildman–Crippen MR) is 118 cm³/mol. The van der Waals surface area contributed by atoms with E-state index in [-0.39, 0.29) is 12.4 Å². The molecule has 0 aliphatic carbocycles. The molecule has 0 bridgehead atoms. The van der Waals surface area contributed by atoms with Gasteiger partial charge in [-0.15, -0.1) is 0 Å². The van der Waals surface area contributed by atoms with Gasteiger partial charge in [-0.3, -0.25) is 0 Å². The number of carbonyl (C=O) groups excluding carboxylic acids is 1. The van der Waals surface area contributed by atoms with Crippen LogP contribution in [-0.4, -0.2) is 33.8 Å². The van der Waals surface area contributed by atoms with Crippen LogP contribution in [-0.2, 0) is 20.3 Å². The highest BCUT2D eigenvalue weighted by molar-refractivity contribution is 7.89. The number of anilines is 1. The minimum absolute atomic E-state index is 0.0976. The molecule has 1 N–H and O–H groups in total. The highest BCUT2D eigenvalue weighted by Gasteiger charge is 2.14. The summed E-state index contributed by atoms with van der Waals surface area (Å²) < 4.78 is 28.3. The van der Waals surface area contributed by atoms with Crippen molar-refractivity contribution in [3.63, 3.8) is 0 Å². The molecule has 0 aliphatic heterocycles. The van der Waals surface area contributed by atoms with Gasteiger partial charge in [0, 0.05) is 18.5 Å². The van der Waals surface area contributed by atoms with Crippen LogP contribution >= 0.6 is 0 Å². The highest BCUT2D eigenvalue weighted by Crippen LogP contribution is 2.32. The van der Waals surface area contributed by atoms with Gasteiger partial charge in [0.2, 0.25) is 0 Å². The van der Waals surface area contributed by atoms with Gasteiger partial charge in [0.1, 0.15) is 6.61 Å². The molecule has 6 heteroatoms. The third kappa shape index (κ3) is 6.89. The van der Waals surface area contributed by atoms with Gasteiger partial charge >= 0.3 is 5.97 Å². The summed E-state index contributed by atoms with van der Waals surface area (Å²) in [5, 5.41) is 3.44. The monoisotopic (exact) mass is 417 g/mol. The average Bonchev–Trinajstić information content (AvgIpc) is 2.63. The summed E-state index contributed by atoms with van der Waals surface area (Å²) in [5.74, 6) is 0.218. The number of ether oxygens (including phenoxy) is 1. The molecule has 158 valence electrons. The Morgan fingerprint density at radius 3 is 2.14 bits per heavy atom. The lowest BCUT2D eigenvalue weighted by molar-refractivity contribution is 0.0520. The lowest BCUT2D eigenvalue weighted by Crippen LogP contribution is -2.16. The molecule has 0 aliphatic rings. The fourth-order valence-electron chi connectivity index (χ4n) is 3.25. The van der Waals surface area contributed by atoms with Crippen molar-refractivity contribution < 1.29 is 17.9 Å². The third-order valence-corrected chi connectivity index (χ3v) is 5.46. The fraction of sp³-hybridized carbons (Fsp3) is 0.435. The molecule has 0 aromatic heterocycles. The number of sulfone groups is 1. The summed E-state index contributed by atoms with van der Waals surface area (Å²) in [6.07, 6.45) is 1.17. The zero-order valence-corrected chi connectivity index (χ0v) is 18.7. The molecule has 0 saturated carbocycles. The highest BCUT2D eigenvalue weighted by atomic mass is 32.2. The summed E-state index contributed by atoms with van der Waals surface area (Å²) in [6.45, 7) is 9.36. The van der Waals surface area contributed by atoms with Crippen molar-refractivity contribution in [3.05, 3.63) is 64.7 Å². The lowest BCUT2D eigenvalue weighted by Gasteiger charge is -2.21. The molecule has 2 aromatic rings. The van der Waals surface area contributed by atoms with Gasteiger partial charge in [-0.25, -0.2) is 13.2 Å². The van der Waals surface area contributed by atoms with Crippen LogP contribution in [0.15, 0.2) is 42.5 Å². The van der Waals surface area contributed by atoms with Gasteiger partial charge in [0.05, 0.1) is 11.3 Å². The minimum Gasteiger partial charge on any atom is -0.460 e. The Balaban J connectivity index is 2.00. The van der Waals surface area contributed by atoms with Crippen LogP contribution in [0.3, 0.4) is 0 Å². The van der Waals surface area contributed by atoms with Crippen LogP contribution in [0.2, 0.25) is 0 Å². The molecule has 0 saturated heterocycles. The van der Waals surface area contributed by atoms with Crippen LogP contribution in [0.25, 0.3) is 0 Å². The molecule has 0 spiro atoms. The zero-order chi connectivity index (χ0) is 21.6. The predicted octanol–water partition coefficient (Wildman–Crippen LogP) is 4.75. The lowest BCUT2D eigenvalue weighted by atomic mass is 9.92. The van der Waals surface area contributed by atoms with Crippen LogP contribution in [0.4, 0.5) is 5.69 Å². The first-order chi connectivity index (χ1) is 13.6. The summed E-state index contributed by atoms with van der Waals surface area (Å²) in [7, 11) is -3.16. The van der Waals surface area contributed by atoms with E-state index >= 15 is 0 Å².